The predicted molar refractivity (Wildman–Crippen MR) is 87.5 cm³/mol. The minimum atomic E-state index is -0.287. The molecular weight excluding hydrogens is 285 g/mol. The molecule has 112 valence electrons. The van der Waals surface area contributed by atoms with Gasteiger partial charge in [0.2, 0.25) is 0 Å². The van der Waals surface area contributed by atoms with Crippen LogP contribution in [0.4, 0.5) is 4.39 Å². The molecule has 0 spiro atoms. The second-order valence-electron chi connectivity index (χ2n) is 5.45. The molecule has 1 N–H and O–H groups in total. The van der Waals surface area contributed by atoms with Gasteiger partial charge in [0, 0.05) is 11.1 Å². The van der Waals surface area contributed by atoms with Gasteiger partial charge in [-0.05, 0) is 56.5 Å². The Morgan fingerprint density at radius 3 is 2.67 bits per heavy atom. The van der Waals surface area contributed by atoms with Crippen molar-refractivity contribution in [2.45, 2.75) is 32.2 Å². The van der Waals surface area contributed by atoms with Gasteiger partial charge in [0.05, 0.1) is 0 Å². The highest BCUT2D eigenvalue weighted by Crippen LogP contribution is 2.20. The molecule has 0 amide bonds. The Morgan fingerprint density at radius 2 is 2.00 bits per heavy atom. The van der Waals surface area contributed by atoms with Gasteiger partial charge in [-0.2, -0.15) is 0 Å². The van der Waals surface area contributed by atoms with Gasteiger partial charge in [-0.25, -0.2) is 4.39 Å². The van der Waals surface area contributed by atoms with Crippen LogP contribution in [0.25, 0.3) is 0 Å². The fourth-order valence-electron chi connectivity index (χ4n) is 2.51. The van der Waals surface area contributed by atoms with Gasteiger partial charge in [-0.1, -0.05) is 47.5 Å². The molecule has 0 heterocycles. The maximum atomic E-state index is 13.1. The topological polar surface area (TPSA) is 12.0 Å². The van der Waals surface area contributed by atoms with Crippen molar-refractivity contribution in [1.29, 1.82) is 0 Å². The van der Waals surface area contributed by atoms with E-state index in [1.165, 1.54) is 23.3 Å². The molecule has 1 atom stereocenters. The molecule has 21 heavy (non-hydrogen) atoms. The first-order valence-electron chi connectivity index (χ1n) is 7.25. The number of hydrogen-bond donors (Lipinski definition) is 1. The Morgan fingerprint density at radius 1 is 1.19 bits per heavy atom. The average molecular weight is 306 g/mol. The van der Waals surface area contributed by atoms with E-state index in [-0.39, 0.29) is 5.82 Å². The van der Waals surface area contributed by atoms with Crippen molar-refractivity contribution < 1.29 is 4.39 Å². The van der Waals surface area contributed by atoms with Crippen LogP contribution < -0.4 is 5.32 Å². The number of aryl methyl sites for hydroxylation is 2. The summed E-state index contributed by atoms with van der Waals surface area (Å²) in [6, 6.07) is 13.5. The van der Waals surface area contributed by atoms with E-state index in [9.17, 15) is 4.39 Å². The fourth-order valence-corrected chi connectivity index (χ4v) is 2.75. The monoisotopic (exact) mass is 305 g/mol. The van der Waals surface area contributed by atoms with E-state index in [0.717, 1.165) is 24.8 Å². The molecular formula is C18H21ClFN. The molecule has 0 saturated carbocycles. The highest BCUT2D eigenvalue weighted by Gasteiger charge is 2.11. The van der Waals surface area contributed by atoms with Gasteiger partial charge in [-0.15, -0.1) is 0 Å². The molecule has 0 radical (unpaired) electrons. The molecule has 0 aromatic heterocycles. The lowest BCUT2D eigenvalue weighted by molar-refractivity contribution is 0.519. The van der Waals surface area contributed by atoms with Crippen molar-refractivity contribution in [3.63, 3.8) is 0 Å². The van der Waals surface area contributed by atoms with Gasteiger partial charge < -0.3 is 5.32 Å². The molecule has 0 aliphatic heterocycles. The third-order valence-electron chi connectivity index (χ3n) is 3.75. The lowest BCUT2D eigenvalue weighted by atomic mass is 9.98. The van der Waals surface area contributed by atoms with Crippen molar-refractivity contribution in [1.82, 2.24) is 5.32 Å². The summed E-state index contributed by atoms with van der Waals surface area (Å²) < 4.78 is 13.1. The van der Waals surface area contributed by atoms with Gasteiger partial charge >= 0.3 is 0 Å². The van der Waals surface area contributed by atoms with Crippen LogP contribution in [0.3, 0.4) is 0 Å². The van der Waals surface area contributed by atoms with Crippen molar-refractivity contribution >= 4 is 11.6 Å². The summed E-state index contributed by atoms with van der Waals surface area (Å²) in [6.45, 7) is 2.11. The Bertz CT molecular complexity index is 598. The van der Waals surface area contributed by atoms with Crippen LogP contribution in [-0.2, 0) is 12.8 Å². The molecule has 0 saturated heterocycles. The minimum Gasteiger partial charge on any atom is -0.317 e. The zero-order valence-electron chi connectivity index (χ0n) is 12.5. The summed E-state index contributed by atoms with van der Waals surface area (Å²) in [7, 11) is 1.96. The third-order valence-corrected chi connectivity index (χ3v) is 4.11. The smallest absolute Gasteiger partial charge is 0.124 e. The van der Waals surface area contributed by atoms with Crippen LogP contribution in [-0.4, -0.2) is 13.1 Å². The van der Waals surface area contributed by atoms with Crippen LogP contribution >= 0.6 is 11.6 Å². The average Bonchev–Trinajstić information content (AvgIpc) is 2.45. The van der Waals surface area contributed by atoms with Gasteiger partial charge in [0.1, 0.15) is 5.82 Å². The van der Waals surface area contributed by atoms with Crippen LogP contribution in [0.15, 0.2) is 42.5 Å². The van der Waals surface area contributed by atoms with Gasteiger partial charge in [0.15, 0.2) is 0 Å². The Kier molecular flexibility index (Phi) is 5.77. The van der Waals surface area contributed by atoms with Gasteiger partial charge in [0.25, 0.3) is 0 Å². The molecule has 1 unspecified atom stereocenters. The molecule has 0 bridgehead atoms. The van der Waals surface area contributed by atoms with Crippen LogP contribution in [0.2, 0.25) is 5.02 Å². The van der Waals surface area contributed by atoms with E-state index in [0.29, 0.717) is 11.1 Å². The van der Waals surface area contributed by atoms with E-state index in [2.05, 4.69) is 36.5 Å². The molecule has 2 rings (SSSR count). The van der Waals surface area contributed by atoms with E-state index in [1.54, 1.807) is 6.07 Å². The Labute approximate surface area is 131 Å². The normalized spacial score (nSPS) is 12.4. The first-order valence-corrected chi connectivity index (χ1v) is 7.63. The summed E-state index contributed by atoms with van der Waals surface area (Å²) in [5.74, 6) is -0.287. The number of hydrogen-bond acceptors (Lipinski definition) is 1. The summed E-state index contributed by atoms with van der Waals surface area (Å²) in [5.41, 5.74) is 3.62. The largest absolute Gasteiger partial charge is 0.317 e. The lowest BCUT2D eigenvalue weighted by Crippen LogP contribution is -2.28. The third kappa shape index (κ3) is 4.83. The summed E-state index contributed by atoms with van der Waals surface area (Å²) in [6.07, 6.45) is 2.85. The van der Waals surface area contributed by atoms with Crippen molar-refractivity contribution in [2.24, 2.45) is 0 Å². The lowest BCUT2D eigenvalue weighted by Gasteiger charge is -2.17. The maximum absolute atomic E-state index is 13.1. The maximum Gasteiger partial charge on any atom is 0.124 e. The number of likely N-dealkylation sites (N-methyl/N-ethyl adjacent to an activating group) is 1. The zero-order valence-corrected chi connectivity index (χ0v) is 13.3. The number of benzene rings is 2. The highest BCUT2D eigenvalue weighted by atomic mass is 35.5. The van der Waals surface area contributed by atoms with E-state index < -0.39 is 0 Å². The minimum absolute atomic E-state index is 0.287. The fraction of sp³-hybridized carbons (Fsp3) is 0.333. The second kappa shape index (κ2) is 7.58. The summed E-state index contributed by atoms with van der Waals surface area (Å²) >= 11 is 6.10. The molecule has 3 heteroatoms. The molecule has 2 aromatic rings. The van der Waals surface area contributed by atoms with Gasteiger partial charge in [-0.3, -0.25) is 0 Å². The van der Waals surface area contributed by atoms with Crippen molar-refractivity contribution in [2.75, 3.05) is 7.05 Å². The van der Waals surface area contributed by atoms with E-state index in [1.807, 2.05) is 7.05 Å². The Hall–Kier alpha value is -1.38. The second-order valence-corrected chi connectivity index (χ2v) is 5.86. The zero-order chi connectivity index (χ0) is 15.2. The molecule has 1 nitrogen and oxygen atoms in total. The first-order chi connectivity index (χ1) is 10.1. The van der Waals surface area contributed by atoms with E-state index >= 15 is 0 Å². The van der Waals surface area contributed by atoms with Crippen LogP contribution in [0.1, 0.15) is 23.1 Å². The number of halogens is 2. The highest BCUT2D eigenvalue weighted by molar-refractivity contribution is 6.31. The quantitative estimate of drug-likeness (QED) is 0.825. The van der Waals surface area contributed by atoms with Crippen LogP contribution in [0.5, 0.6) is 0 Å². The molecule has 0 aliphatic rings. The molecule has 2 aromatic carbocycles. The predicted octanol–water partition coefficient (Wildman–Crippen LogP) is 4.55. The molecule has 0 aliphatic carbocycles. The Balaban J connectivity index is 1.97. The first kappa shape index (κ1) is 16.0. The number of rotatable bonds is 6. The SMILES string of the molecule is CNC(CCc1cccc(C)c1)Cc1ccc(F)cc1Cl. The van der Waals surface area contributed by atoms with Crippen LogP contribution in [0, 0.1) is 12.7 Å². The molecule has 0 fully saturated rings. The van der Waals surface area contributed by atoms with Crippen molar-refractivity contribution in [3.8, 4) is 0 Å². The van der Waals surface area contributed by atoms with E-state index in [4.69, 9.17) is 11.6 Å². The summed E-state index contributed by atoms with van der Waals surface area (Å²) in [4.78, 5) is 0. The van der Waals surface area contributed by atoms with Crippen molar-refractivity contribution in [3.05, 3.63) is 70.0 Å². The summed E-state index contributed by atoms with van der Waals surface area (Å²) in [5, 5.41) is 3.83. The standard InChI is InChI=1S/C18H21ClFN/c1-13-4-3-5-14(10-13)6-9-17(21-2)11-15-7-8-16(20)12-18(15)19/h3-5,7-8,10,12,17,21H,6,9,11H2,1-2H3. The number of nitrogens with one attached hydrogen (secondary N) is 1.